The highest BCUT2D eigenvalue weighted by Gasteiger charge is 2.55. The van der Waals surface area contributed by atoms with Crippen LogP contribution in [0.25, 0.3) is 0 Å². The summed E-state index contributed by atoms with van der Waals surface area (Å²) < 4.78 is 23.5. The normalized spacial score (nSPS) is 44.7. The largest absolute Gasteiger partial charge is 0.389 e. The molecule has 18 heavy (non-hydrogen) atoms. The van der Waals surface area contributed by atoms with Gasteiger partial charge >= 0.3 is 0 Å². The number of nitrogens with two attached hydrogens (primary N) is 1. The Morgan fingerprint density at radius 2 is 2.00 bits per heavy atom. The average Bonchev–Trinajstić information content (AvgIpc) is 2.53. The fourth-order valence-electron chi connectivity index (χ4n) is 3.66. The lowest BCUT2D eigenvalue weighted by molar-refractivity contribution is -0.0798. The lowest BCUT2D eigenvalue weighted by atomic mass is 9.67. The van der Waals surface area contributed by atoms with E-state index >= 15 is 0 Å². The quantitative estimate of drug-likeness (QED) is 0.739. The van der Waals surface area contributed by atoms with E-state index in [2.05, 4.69) is 6.92 Å². The summed E-state index contributed by atoms with van der Waals surface area (Å²) in [5.41, 5.74) is 4.39. The summed E-state index contributed by atoms with van der Waals surface area (Å²) >= 11 is 0. The van der Waals surface area contributed by atoms with Crippen molar-refractivity contribution in [2.45, 2.75) is 51.0 Å². The molecule has 0 bridgehead atoms. The first kappa shape index (κ1) is 14.3. The molecular formula is C13H25NO3S. The van der Waals surface area contributed by atoms with E-state index in [0.717, 1.165) is 19.3 Å². The number of sulfone groups is 1. The number of aliphatic hydroxyl groups is 1. The molecule has 2 fully saturated rings. The third-order valence-electron chi connectivity index (χ3n) is 5.10. The smallest absolute Gasteiger partial charge is 0.151 e. The molecule has 5 heteroatoms. The molecule has 0 aromatic carbocycles. The van der Waals surface area contributed by atoms with E-state index in [1.165, 1.54) is 0 Å². The number of hydrogen-bond donors (Lipinski definition) is 2. The van der Waals surface area contributed by atoms with Crippen molar-refractivity contribution in [3.63, 3.8) is 0 Å². The maximum absolute atomic E-state index is 11.8. The van der Waals surface area contributed by atoms with Gasteiger partial charge in [0.25, 0.3) is 0 Å². The highest BCUT2D eigenvalue weighted by molar-refractivity contribution is 7.91. The van der Waals surface area contributed by atoms with Gasteiger partial charge in [0.1, 0.15) is 0 Å². The van der Waals surface area contributed by atoms with Gasteiger partial charge in [0.05, 0.1) is 17.1 Å². The molecule has 3 N–H and O–H groups in total. The van der Waals surface area contributed by atoms with Crippen LogP contribution in [0.4, 0.5) is 0 Å². The van der Waals surface area contributed by atoms with Crippen LogP contribution in [0.2, 0.25) is 0 Å². The maximum Gasteiger partial charge on any atom is 0.151 e. The van der Waals surface area contributed by atoms with Crippen LogP contribution in [0.3, 0.4) is 0 Å². The van der Waals surface area contributed by atoms with Gasteiger partial charge in [-0.15, -0.1) is 0 Å². The Balaban J connectivity index is 2.26. The molecule has 4 nitrogen and oxygen atoms in total. The summed E-state index contributed by atoms with van der Waals surface area (Å²) in [5, 5.41) is 11.0. The Morgan fingerprint density at radius 3 is 2.56 bits per heavy atom. The van der Waals surface area contributed by atoms with E-state index in [4.69, 9.17) is 5.73 Å². The van der Waals surface area contributed by atoms with Gasteiger partial charge in [0, 0.05) is 12.0 Å². The molecule has 0 spiro atoms. The van der Waals surface area contributed by atoms with Crippen molar-refractivity contribution in [3.05, 3.63) is 0 Å². The summed E-state index contributed by atoms with van der Waals surface area (Å²) in [6, 6.07) is 0. The first-order valence-electron chi connectivity index (χ1n) is 6.95. The fourth-order valence-corrected chi connectivity index (χ4v) is 5.88. The van der Waals surface area contributed by atoms with Crippen LogP contribution < -0.4 is 5.73 Å². The van der Waals surface area contributed by atoms with Crippen LogP contribution in [-0.4, -0.2) is 37.2 Å². The Morgan fingerprint density at radius 1 is 1.28 bits per heavy atom. The molecule has 1 saturated heterocycles. The Labute approximate surface area is 110 Å². The summed E-state index contributed by atoms with van der Waals surface area (Å²) in [5.74, 6) is 0.871. The molecule has 1 saturated carbocycles. The second-order valence-electron chi connectivity index (χ2n) is 6.39. The second-order valence-corrected chi connectivity index (χ2v) is 8.58. The third-order valence-corrected chi connectivity index (χ3v) is 6.92. The highest BCUT2D eigenvalue weighted by atomic mass is 32.2. The van der Waals surface area contributed by atoms with Crippen molar-refractivity contribution in [3.8, 4) is 0 Å². The van der Waals surface area contributed by atoms with E-state index < -0.39 is 20.9 Å². The monoisotopic (exact) mass is 275 g/mol. The minimum absolute atomic E-state index is 0.0708. The van der Waals surface area contributed by atoms with Gasteiger partial charge < -0.3 is 10.8 Å². The summed E-state index contributed by atoms with van der Waals surface area (Å²) in [6.45, 7) is 2.48. The number of rotatable bonds is 2. The van der Waals surface area contributed by atoms with E-state index in [1.807, 2.05) is 0 Å². The van der Waals surface area contributed by atoms with Crippen LogP contribution in [0, 0.1) is 11.3 Å². The molecular weight excluding hydrogens is 250 g/mol. The van der Waals surface area contributed by atoms with Crippen LogP contribution >= 0.6 is 0 Å². The van der Waals surface area contributed by atoms with Gasteiger partial charge in [0.15, 0.2) is 9.84 Å². The minimum Gasteiger partial charge on any atom is -0.389 e. The molecule has 0 aromatic heterocycles. The van der Waals surface area contributed by atoms with Crippen LogP contribution in [0.1, 0.15) is 45.4 Å². The molecule has 2 rings (SSSR count). The molecule has 2 aliphatic rings. The Bertz CT molecular complexity index is 408. The molecule has 1 aliphatic heterocycles. The highest BCUT2D eigenvalue weighted by Crippen LogP contribution is 2.48. The first-order valence-corrected chi connectivity index (χ1v) is 8.78. The summed E-state index contributed by atoms with van der Waals surface area (Å²) in [4.78, 5) is 0. The molecule has 0 aromatic rings. The zero-order valence-corrected chi connectivity index (χ0v) is 12.0. The minimum atomic E-state index is -3.02. The second kappa shape index (κ2) is 4.76. The van der Waals surface area contributed by atoms with Crippen LogP contribution in [0.15, 0.2) is 0 Å². The average molecular weight is 275 g/mol. The molecule has 3 atom stereocenters. The zero-order valence-electron chi connectivity index (χ0n) is 11.2. The van der Waals surface area contributed by atoms with E-state index in [9.17, 15) is 13.5 Å². The van der Waals surface area contributed by atoms with Crippen LogP contribution in [-0.2, 0) is 9.84 Å². The lowest BCUT2D eigenvalue weighted by Gasteiger charge is -2.43. The lowest BCUT2D eigenvalue weighted by Crippen LogP contribution is -2.53. The van der Waals surface area contributed by atoms with E-state index in [-0.39, 0.29) is 18.1 Å². The van der Waals surface area contributed by atoms with Crippen molar-refractivity contribution in [2.24, 2.45) is 17.1 Å². The van der Waals surface area contributed by atoms with Gasteiger partial charge in [-0.1, -0.05) is 19.8 Å². The number of hydrogen-bond acceptors (Lipinski definition) is 4. The van der Waals surface area contributed by atoms with Crippen LogP contribution in [0.5, 0.6) is 0 Å². The molecule has 0 radical (unpaired) electrons. The Hall–Kier alpha value is -0.130. The predicted octanol–water partition coefficient (Wildman–Crippen LogP) is 1.08. The fraction of sp³-hybridized carbons (Fsp3) is 1.00. The van der Waals surface area contributed by atoms with Crippen molar-refractivity contribution < 1.29 is 13.5 Å². The molecule has 1 heterocycles. The van der Waals surface area contributed by atoms with Crippen molar-refractivity contribution in [2.75, 3.05) is 18.1 Å². The summed E-state index contributed by atoms with van der Waals surface area (Å²) in [7, 11) is -3.02. The van der Waals surface area contributed by atoms with E-state index in [0.29, 0.717) is 25.2 Å². The first-order chi connectivity index (χ1) is 8.33. The standard InChI is InChI=1S/C13H25NO3S/c1-11-3-2-5-13(15,6-4-11)12(9-14)7-8-18(16,17)10-12/h11,15H,2-10,14H2,1H3. The van der Waals surface area contributed by atoms with Gasteiger partial charge in [-0.25, -0.2) is 8.42 Å². The molecule has 3 unspecified atom stereocenters. The SMILES string of the molecule is CC1CCCC(O)(C2(CN)CCS(=O)(=O)C2)CC1. The predicted molar refractivity (Wildman–Crippen MR) is 72.0 cm³/mol. The van der Waals surface area contributed by atoms with Gasteiger partial charge in [-0.2, -0.15) is 0 Å². The van der Waals surface area contributed by atoms with Gasteiger partial charge in [-0.3, -0.25) is 0 Å². The van der Waals surface area contributed by atoms with Crippen molar-refractivity contribution in [1.29, 1.82) is 0 Å². The van der Waals surface area contributed by atoms with E-state index in [1.54, 1.807) is 0 Å². The van der Waals surface area contributed by atoms with Crippen molar-refractivity contribution >= 4 is 9.84 Å². The molecule has 1 aliphatic carbocycles. The maximum atomic E-state index is 11.8. The topological polar surface area (TPSA) is 80.4 Å². The van der Waals surface area contributed by atoms with Crippen molar-refractivity contribution in [1.82, 2.24) is 0 Å². The summed E-state index contributed by atoms with van der Waals surface area (Å²) in [6.07, 6.45) is 4.98. The van der Waals surface area contributed by atoms with Gasteiger partial charge in [0.2, 0.25) is 0 Å². The third kappa shape index (κ3) is 2.45. The molecule has 0 amide bonds. The zero-order chi connectivity index (χ0) is 13.4. The molecule has 106 valence electrons. The van der Waals surface area contributed by atoms with Gasteiger partial charge in [-0.05, 0) is 31.6 Å². The Kier molecular flexibility index (Phi) is 3.78.